The molecule has 1 nitrogen and oxygen atoms in total. The average Bonchev–Trinajstić information content (AvgIpc) is 2.09. The minimum absolute atomic E-state index is 0.893. The van der Waals surface area contributed by atoms with E-state index in [0.29, 0.717) is 0 Å². The van der Waals surface area contributed by atoms with Gasteiger partial charge in [-0.1, -0.05) is 17.7 Å². The van der Waals surface area contributed by atoms with E-state index in [1.54, 1.807) is 0 Å². The molecule has 1 N–H and O–H groups in total. The van der Waals surface area contributed by atoms with Crippen LogP contribution in [0.5, 0.6) is 0 Å². The molecule has 2 heteroatoms. The van der Waals surface area contributed by atoms with Gasteiger partial charge in [-0.05, 0) is 37.5 Å². The number of hydrogen-bond acceptors (Lipinski definition) is 2. The first-order valence-corrected chi connectivity index (χ1v) is 5.66. The van der Waals surface area contributed by atoms with Crippen LogP contribution in [0, 0.1) is 20.8 Å². The molecule has 0 radical (unpaired) electrons. The van der Waals surface area contributed by atoms with Crippen molar-refractivity contribution < 1.29 is 0 Å². The van der Waals surface area contributed by atoms with Crippen molar-refractivity contribution in [3.8, 4) is 0 Å². The second-order valence-electron chi connectivity index (χ2n) is 3.78. The first kappa shape index (κ1) is 11.6. The zero-order valence-corrected chi connectivity index (χ0v) is 10.1. The van der Waals surface area contributed by atoms with Crippen LogP contribution in [0.2, 0.25) is 0 Å². The van der Waals surface area contributed by atoms with Crippen molar-refractivity contribution in [3.63, 3.8) is 0 Å². The molecule has 0 aliphatic rings. The van der Waals surface area contributed by atoms with Crippen LogP contribution in [0.4, 0.5) is 0 Å². The predicted octanol–water partition coefficient (Wildman–Crippen LogP) is 2.63. The molecule has 0 heterocycles. The van der Waals surface area contributed by atoms with Gasteiger partial charge in [-0.2, -0.15) is 12.6 Å². The van der Waals surface area contributed by atoms with E-state index in [1.165, 1.54) is 22.3 Å². The largest absolute Gasteiger partial charge is 0.312 e. The Morgan fingerprint density at radius 2 is 1.71 bits per heavy atom. The summed E-state index contributed by atoms with van der Waals surface area (Å²) in [5.41, 5.74) is 5.54. The van der Waals surface area contributed by atoms with Crippen LogP contribution >= 0.6 is 12.6 Å². The van der Waals surface area contributed by atoms with E-state index in [0.717, 1.165) is 18.8 Å². The fourth-order valence-corrected chi connectivity index (χ4v) is 1.94. The third kappa shape index (κ3) is 3.03. The summed E-state index contributed by atoms with van der Waals surface area (Å²) in [4.78, 5) is 0. The monoisotopic (exact) mass is 209 g/mol. The van der Waals surface area contributed by atoms with Crippen molar-refractivity contribution in [1.29, 1.82) is 0 Å². The highest BCUT2D eigenvalue weighted by atomic mass is 32.1. The summed E-state index contributed by atoms with van der Waals surface area (Å²) >= 11 is 4.17. The normalized spacial score (nSPS) is 10.6. The quantitative estimate of drug-likeness (QED) is 0.574. The summed E-state index contributed by atoms with van der Waals surface area (Å²) in [5, 5.41) is 3.38. The smallest absolute Gasteiger partial charge is 0.0211 e. The first-order chi connectivity index (χ1) is 6.65. The van der Waals surface area contributed by atoms with Crippen LogP contribution in [-0.2, 0) is 6.54 Å². The summed E-state index contributed by atoms with van der Waals surface area (Å²) in [6.45, 7) is 8.43. The fourth-order valence-electron chi connectivity index (χ4n) is 1.78. The Morgan fingerprint density at radius 1 is 1.14 bits per heavy atom. The third-order valence-corrected chi connectivity index (χ3v) is 2.65. The van der Waals surface area contributed by atoms with Gasteiger partial charge in [-0.3, -0.25) is 0 Å². The number of aryl methyl sites for hydroxylation is 3. The topological polar surface area (TPSA) is 12.0 Å². The molecule has 0 spiro atoms. The standard InChI is InChI=1S/C12H19NS/c1-9-6-10(2)12(11(3)7-9)8-13-4-5-14/h6-7,13-14H,4-5,8H2,1-3H3. The number of hydrogen-bond donors (Lipinski definition) is 2. The van der Waals surface area contributed by atoms with Crippen molar-refractivity contribution >= 4 is 12.6 Å². The zero-order chi connectivity index (χ0) is 10.6. The molecule has 0 bridgehead atoms. The van der Waals surface area contributed by atoms with Crippen LogP contribution in [0.1, 0.15) is 22.3 Å². The minimum Gasteiger partial charge on any atom is -0.312 e. The van der Waals surface area contributed by atoms with Gasteiger partial charge in [0, 0.05) is 18.8 Å². The molecule has 0 aromatic heterocycles. The fraction of sp³-hybridized carbons (Fsp3) is 0.500. The molecule has 0 aliphatic carbocycles. The van der Waals surface area contributed by atoms with Crippen LogP contribution in [0.3, 0.4) is 0 Å². The summed E-state index contributed by atoms with van der Waals surface area (Å²) in [5.74, 6) is 0.893. The Balaban J connectivity index is 2.75. The lowest BCUT2D eigenvalue weighted by molar-refractivity contribution is 0.726. The molecule has 0 fully saturated rings. The van der Waals surface area contributed by atoms with E-state index in [2.05, 4.69) is 50.8 Å². The van der Waals surface area contributed by atoms with Crippen LogP contribution in [0.15, 0.2) is 12.1 Å². The predicted molar refractivity (Wildman–Crippen MR) is 66.2 cm³/mol. The van der Waals surface area contributed by atoms with Gasteiger partial charge in [-0.25, -0.2) is 0 Å². The van der Waals surface area contributed by atoms with Crippen molar-refractivity contribution in [2.24, 2.45) is 0 Å². The molecule has 0 aliphatic heterocycles. The van der Waals surface area contributed by atoms with Crippen molar-refractivity contribution in [3.05, 3.63) is 34.4 Å². The molecule has 78 valence electrons. The average molecular weight is 209 g/mol. The van der Waals surface area contributed by atoms with Gasteiger partial charge in [0.1, 0.15) is 0 Å². The van der Waals surface area contributed by atoms with Crippen LogP contribution < -0.4 is 5.32 Å². The molecular weight excluding hydrogens is 190 g/mol. The van der Waals surface area contributed by atoms with E-state index >= 15 is 0 Å². The summed E-state index contributed by atoms with van der Waals surface area (Å²) in [7, 11) is 0. The molecular formula is C12H19NS. The highest BCUT2D eigenvalue weighted by molar-refractivity contribution is 7.80. The third-order valence-electron chi connectivity index (χ3n) is 2.43. The molecule has 14 heavy (non-hydrogen) atoms. The van der Waals surface area contributed by atoms with Gasteiger partial charge in [0.15, 0.2) is 0 Å². The number of thiol groups is 1. The van der Waals surface area contributed by atoms with Crippen molar-refractivity contribution in [2.45, 2.75) is 27.3 Å². The van der Waals surface area contributed by atoms with E-state index in [9.17, 15) is 0 Å². The SMILES string of the molecule is Cc1cc(C)c(CNCCS)c(C)c1. The zero-order valence-electron chi connectivity index (χ0n) is 9.22. The second-order valence-corrected chi connectivity index (χ2v) is 4.22. The van der Waals surface area contributed by atoms with E-state index in [-0.39, 0.29) is 0 Å². The highest BCUT2D eigenvalue weighted by Crippen LogP contribution is 2.15. The van der Waals surface area contributed by atoms with Gasteiger partial charge < -0.3 is 5.32 Å². The summed E-state index contributed by atoms with van der Waals surface area (Å²) < 4.78 is 0. The van der Waals surface area contributed by atoms with Crippen LogP contribution in [-0.4, -0.2) is 12.3 Å². The first-order valence-electron chi connectivity index (χ1n) is 5.03. The Kier molecular flexibility index (Phi) is 4.49. The molecule has 0 saturated heterocycles. The van der Waals surface area contributed by atoms with E-state index < -0.39 is 0 Å². The van der Waals surface area contributed by atoms with E-state index in [1.807, 2.05) is 0 Å². The van der Waals surface area contributed by atoms with Gasteiger partial charge >= 0.3 is 0 Å². The highest BCUT2D eigenvalue weighted by Gasteiger charge is 2.02. The Hall–Kier alpha value is -0.470. The lowest BCUT2D eigenvalue weighted by Gasteiger charge is -2.11. The van der Waals surface area contributed by atoms with Gasteiger partial charge in [0.05, 0.1) is 0 Å². The van der Waals surface area contributed by atoms with Gasteiger partial charge in [0.2, 0.25) is 0 Å². The van der Waals surface area contributed by atoms with Crippen molar-refractivity contribution in [2.75, 3.05) is 12.3 Å². The Labute approximate surface area is 92.3 Å². The number of rotatable bonds is 4. The molecule has 1 aromatic rings. The molecule has 0 unspecified atom stereocenters. The molecule has 0 atom stereocenters. The van der Waals surface area contributed by atoms with Crippen LogP contribution in [0.25, 0.3) is 0 Å². The number of nitrogens with one attached hydrogen (secondary N) is 1. The van der Waals surface area contributed by atoms with Crippen molar-refractivity contribution in [1.82, 2.24) is 5.32 Å². The van der Waals surface area contributed by atoms with E-state index in [4.69, 9.17) is 0 Å². The Morgan fingerprint density at radius 3 is 2.21 bits per heavy atom. The van der Waals surface area contributed by atoms with Gasteiger partial charge in [-0.15, -0.1) is 0 Å². The minimum atomic E-state index is 0.893. The molecule has 1 rings (SSSR count). The van der Waals surface area contributed by atoms with Gasteiger partial charge in [0.25, 0.3) is 0 Å². The lowest BCUT2D eigenvalue weighted by atomic mass is 10.00. The molecule has 0 saturated carbocycles. The summed E-state index contributed by atoms with van der Waals surface area (Å²) in [6.07, 6.45) is 0. The maximum absolute atomic E-state index is 4.17. The second kappa shape index (κ2) is 5.42. The molecule has 0 amide bonds. The molecule has 1 aromatic carbocycles. The lowest BCUT2D eigenvalue weighted by Crippen LogP contribution is -2.17. The number of benzene rings is 1. The maximum Gasteiger partial charge on any atom is 0.0211 e. The summed E-state index contributed by atoms with van der Waals surface area (Å²) in [6, 6.07) is 4.48. The maximum atomic E-state index is 4.17. The Bertz CT molecular complexity index is 284.